The van der Waals surface area contributed by atoms with Crippen molar-refractivity contribution in [3.05, 3.63) is 0 Å². The molecular weight excluding hydrogens is 389 g/mol. The summed E-state index contributed by atoms with van der Waals surface area (Å²) in [7, 11) is 0. The molecule has 0 saturated heterocycles. The van der Waals surface area contributed by atoms with Gasteiger partial charge in [-0.2, -0.15) is 0 Å². The van der Waals surface area contributed by atoms with Crippen LogP contribution in [0.3, 0.4) is 0 Å². The molecule has 0 bridgehead atoms. The number of hydrogen-bond donors (Lipinski definition) is 4. The molecule has 0 rings (SSSR count). The number of aliphatic hydroxyl groups is 2. The molecule has 2 unspecified atom stereocenters. The Morgan fingerprint density at radius 1 is 0.842 bits per heavy atom. The Hall–Kier alpha value is 0.600. The van der Waals surface area contributed by atoms with Gasteiger partial charge in [-0.1, -0.05) is 69.6 Å². The lowest BCUT2D eigenvalue weighted by molar-refractivity contribution is -0.131. The van der Waals surface area contributed by atoms with Gasteiger partial charge in [-0.05, 0) is 0 Å². The maximum Gasteiger partial charge on any atom is 0.254 e. The van der Waals surface area contributed by atoms with Gasteiger partial charge in [-0.15, -0.1) is 0 Å². The minimum absolute atomic E-state index is 0.479. The van der Waals surface area contributed by atoms with Crippen LogP contribution in [-0.4, -0.2) is 48.5 Å². The minimum Gasteiger partial charge on any atom is -0.379 e. The van der Waals surface area contributed by atoms with E-state index in [4.69, 9.17) is 69.6 Å². The summed E-state index contributed by atoms with van der Waals surface area (Å²) in [5.74, 6) is -2.10. The Kier molecular flexibility index (Phi) is 7.80. The van der Waals surface area contributed by atoms with Crippen molar-refractivity contribution in [3.8, 4) is 0 Å². The van der Waals surface area contributed by atoms with Crippen molar-refractivity contribution in [2.45, 2.75) is 19.8 Å². The van der Waals surface area contributed by atoms with Gasteiger partial charge < -0.3 is 20.8 Å². The number of amides is 2. The maximum atomic E-state index is 11.2. The number of carbonyl (C=O) groups excluding carboxylic acids is 2. The molecule has 4 N–H and O–H groups in total. The van der Waals surface area contributed by atoms with Crippen LogP contribution in [0.1, 0.15) is 0 Å². The lowest BCUT2D eigenvalue weighted by Gasteiger charge is -2.20. The van der Waals surface area contributed by atoms with Crippen molar-refractivity contribution >= 4 is 81.4 Å². The molecule has 2 atom stereocenters. The van der Waals surface area contributed by atoms with Crippen LogP contribution in [0.15, 0.2) is 0 Å². The monoisotopic (exact) mass is 394 g/mol. The van der Waals surface area contributed by atoms with Gasteiger partial charge in [0.05, 0.1) is 6.67 Å². The molecule has 12 heteroatoms. The second kappa shape index (κ2) is 7.56. The summed E-state index contributed by atoms with van der Waals surface area (Å²) in [6.07, 6.45) is -3.88. The topological polar surface area (TPSA) is 98.7 Å². The van der Waals surface area contributed by atoms with Crippen LogP contribution in [0.4, 0.5) is 0 Å². The van der Waals surface area contributed by atoms with Crippen LogP contribution < -0.4 is 10.6 Å². The zero-order valence-corrected chi connectivity index (χ0v) is 13.4. The summed E-state index contributed by atoms with van der Waals surface area (Å²) >= 11 is 31.6. The van der Waals surface area contributed by atoms with Crippen molar-refractivity contribution in [1.29, 1.82) is 0 Å². The van der Waals surface area contributed by atoms with Crippen LogP contribution in [0.5, 0.6) is 0 Å². The molecule has 0 radical (unpaired) electrons. The summed E-state index contributed by atoms with van der Waals surface area (Å²) in [5.41, 5.74) is 0. The second-order valence-electron chi connectivity index (χ2n) is 3.15. The van der Waals surface area contributed by atoms with Crippen LogP contribution in [0.25, 0.3) is 0 Å². The van der Waals surface area contributed by atoms with E-state index in [1.807, 2.05) is 10.6 Å². The van der Waals surface area contributed by atoms with Crippen LogP contribution in [0.2, 0.25) is 0 Å². The average Bonchev–Trinajstić information content (AvgIpc) is 2.23. The standard InChI is InChI=1S/C7H8Cl6N2O4/c8-6(9,10)2(16)4(18)14-1-15-5(19)3(17)7(11,12)13/h2-3,16-17H,1H2,(H,14,18)(H,15,19). The summed E-state index contributed by atoms with van der Waals surface area (Å²) in [6.45, 7) is -0.479. The second-order valence-corrected chi connectivity index (χ2v) is 7.89. The van der Waals surface area contributed by atoms with E-state index >= 15 is 0 Å². The zero-order chi connectivity index (χ0) is 15.4. The molecule has 0 aliphatic heterocycles. The summed E-state index contributed by atoms with van der Waals surface area (Å²) < 4.78 is -4.43. The van der Waals surface area contributed by atoms with Crippen LogP contribution in [0, 0.1) is 0 Å². The zero-order valence-electron chi connectivity index (χ0n) is 8.84. The third kappa shape index (κ3) is 7.24. The molecular formula is C7H8Cl6N2O4. The molecule has 0 heterocycles. The van der Waals surface area contributed by atoms with E-state index in [0.717, 1.165) is 0 Å². The van der Waals surface area contributed by atoms with E-state index in [9.17, 15) is 19.8 Å². The lowest BCUT2D eigenvalue weighted by atomic mass is 10.3. The van der Waals surface area contributed by atoms with Gasteiger partial charge in [0.15, 0.2) is 12.2 Å². The fraction of sp³-hybridized carbons (Fsp3) is 0.714. The van der Waals surface area contributed by atoms with Crippen LogP contribution in [-0.2, 0) is 9.59 Å². The predicted molar refractivity (Wildman–Crippen MR) is 73.7 cm³/mol. The van der Waals surface area contributed by atoms with Gasteiger partial charge >= 0.3 is 0 Å². The van der Waals surface area contributed by atoms with Gasteiger partial charge in [-0.25, -0.2) is 0 Å². The highest BCUT2D eigenvalue weighted by Crippen LogP contribution is 2.30. The lowest BCUT2D eigenvalue weighted by Crippen LogP contribution is -2.50. The number of aliphatic hydroxyl groups excluding tert-OH is 2. The molecule has 19 heavy (non-hydrogen) atoms. The first-order valence-electron chi connectivity index (χ1n) is 4.42. The third-order valence-electron chi connectivity index (χ3n) is 1.64. The van der Waals surface area contributed by atoms with Crippen LogP contribution >= 0.6 is 69.6 Å². The van der Waals surface area contributed by atoms with Gasteiger partial charge in [0, 0.05) is 0 Å². The van der Waals surface area contributed by atoms with Crippen molar-refractivity contribution < 1.29 is 19.8 Å². The van der Waals surface area contributed by atoms with Gasteiger partial charge in [0.1, 0.15) is 0 Å². The van der Waals surface area contributed by atoms with Crippen molar-refractivity contribution in [3.63, 3.8) is 0 Å². The molecule has 0 aliphatic carbocycles. The largest absolute Gasteiger partial charge is 0.379 e. The SMILES string of the molecule is O=C(NCNC(=O)C(O)C(Cl)(Cl)Cl)C(O)C(Cl)(Cl)Cl. The Morgan fingerprint density at radius 3 is 1.32 bits per heavy atom. The number of rotatable bonds is 4. The number of alkyl halides is 6. The highest BCUT2D eigenvalue weighted by Gasteiger charge is 2.38. The molecule has 0 fully saturated rings. The molecule has 0 aromatic carbocycles. The summed E-state index contributed by atoms with van der Waals surface area (Å²) in [5, 5.41) is 22.5. The minimum atomic E-state index is -2.22. The van der Waals surface area contributed by atoms with Crippen molar-refractivity contribution in [2.75, 3.05) is 6.67 Å². The van der Waals surface area contributed by atoms with Gasteiger partial charge in [0.25, 0.3) is 11.8 Å². The molecule has 0 spiro atoms. The predicted octanol–water partition coefficient (Wildman–Crippen LogP) is 0.639. The first-order valence-corrected chi connectivity index (χ1v) is 6.69. The first-order chi connectivity index (χ1) is 8.37. The molecule has 0 aliphatic rings. The number of carbonyl (C=O) groups is 2. The first kappa shape index (κ1) is 19.6. The third-order valence-corrected chi connectivity index (χ3v) is 2.88. The summed E-state index contributed by atoms with van der Waals surface area (Å²) in [6, 6.07) is 0. The fourth-order valence-corrected chi connectivity index (χ4v) is 1.30. The van der Waals surface area contributed by atoms with E-state index in [0.29, 0.717) is 0 Å². The molecule has 0 aromatic rings. The molecule has 0 saturated carbocycles. The average molecular weight is 397 g/mol. The molecule has 112 valence electrons. The molecule has 2 amide bonds. The van der Waals surface area contributed by atoms with Crippen molar-refractivity contribution in [1.82, 2.24) is 10.6 Å². The van der Waals surface area contributed by atoms with E-state index in [1.165, 1.54) is 0 Å². The fourth-order valence-electron chi connectivity index (χ4n) is 0.709. The van der Waals surface area contributed by atoms with Gasteiger partial charge in [0.2, 0.25) is 7.59 Å². The number of hydrogen-bond acceptors (Lipinski definition) is 4. The number of nitrogens with one attached hydrogen (secondary N) is 2. The quantitative estimate of drug-likeness (QED) is 0.414. The van der Waals surface area contributed by atoms with E-state index in [-0.39, 0.29) is 0 Å². The smallest absolute Gasteiger partial charge is 0.254 e. The Bertz CT molecular complexity index is 309. The summed E-state index contributed by atoms with van der Waals surface area (Å²) in [4.78, 5) is 22.5. The molecule has 0 aromatic heterocycles. The molecule has 6 nitrogen and oxygen atoms in total. The van der Waals surface area contributed by atoms with Crippen molar-refractivity contribution in [2.24, 2.45) is 0 Å². The normalized spacial score (nSPS) is 15.6. The Morgan fingerprint density at radius 2 is 1.11 bits per heavy atom. The van der Waals surface area contributed by atoms with E-state index in [2.05, 4.69) is 0 Å². The maximum absolute atomic E-state index is 11.2. The Balaban J connectivity index is 4.19. The Labute approximate surface area is 138 Å². The highest BCUT2D eigenvalue weighted by atomic mass is 35.6. The van der Waals surface area contributed by atoms with Gasteiger partial charge in [-0.3, -0.25) is 9.59 Å². The highest BCUT2D eigenvalue weighted by molar-refractivity contribution is 6.69. The van der Waals surface area contributed by atoms with E-state index < -0.39 is 38.3 Å². The van der Waals surface area contributed by atoms with E-state index in [1.54, 1.807) is 0 Å². The number of halogens is 6.